The lowest BCUT2D eigenvalue weighted by molar-refractivity contribution is -0.133. The number of aromatic nitrogens is 1. The molecule has 148 valence electrons. The number of carbonyl (C=O) groups is 2. The molecule has 2 amide bonds. The SMILES string of the molecule is CCOc1ccc(OCC(=O)N2CCCN(C(=O)c3ccncc3)CC2)cc1. The van der Waals surface area contributed by atoms with Crippen molar-refractivity contribution in [3.05, 3.63) is 54.4 Å². The van der Waals surface area contributed by atoms with Gasteiger partial charge in [0.15, 0.2) is 6.61 Å². The minimum Gasteiger partial charge on any atom is -0.494 e. The highest BCUT2D eigenvalue weighted by molar-refractivity contribution is 5.94. The maximum absolute atomic E-state index is 12.6. The van der Waals surface area contributed by atoms with E-state index in [-0.39, 0.29) is 18.4 Å². The lowest BCUT2D eigenvalue weighted by atomic mass is 10.2. The summed E-state index contributed by atoms with van der Waals surface area (Å²) < 4.78 is 11.0. The molecule has 0 N–H and O–H groups in total. The fourth-order valence-electron chi connectivity index (χ4n) is 3.08. The van der Waals surface area contributed by atoms with Crippen molar-refractivity contribution in [3.8, 4) is 11.5 Å². The minimum atomic E-state index is -0.0768. The average Bonchev–Trinajstić information content (AvgIpc) is 3.00. The van der Waals surface area contributed by atoms with E-state index in [0.717, 1.165) is 12.2 Å². The van der Waals surface area contributed by atoms with Gasteiger partial charge in [-0.15, -0.1) is 0 Å². The van der Waals surface area contributed by atoms with Crippen molar-refractivity contribution in [2.24, 2.45) is 0 Å². The van der Waals surface area contributed by atoms with Crippen LogP contribution in [0.3, 0.4) is 0 Å². The van der Waals surface area contributed by atoms with Gasteiger partial charge in [-0.3, -0.25) is 14.6 Å². The Bertz CT molecular complexity index is 780. The monoisotopic (exact) mass is 383 g/mol. The first-order valence-electron chi connectivity index (χ1n) is 9.50. The number of hydrogen-bond acceptors (Lipinski definition) is 5. The molecule has 1 saturated heterocycles. The number of rotatable bonds is 6. The Labute approximate surface area is 164 Å². The van der Waals surface area contributed by atoms with Crippen LogP contribution >= 0.6 is 0 Å². The van der Waals surface area contributed by atoms with Gasteiger partial charge in [-0.25, -0.2) is 0 Å². The van der Waals surface area contributed by atoms with Gasteiger partial charge >= 0.3 is 0 Å². The highest BCUT2D eigenvalue weighted by Crippen LogP contribution is 2.17. The second-order valence-electron chi connectivity index (χ2n) is 6.46. The van der Waals surface area contributed by atoms with Gasteiger partial charge in [-0.1, -0.05) is 0 Å². The second-order valence-corrected chi connectivity index (χ2v) is 6.46. The van der Waals surface area contributed by atoms with Crippen LogP contribution in [0.5, 0.6) is 11.5 Å². The zero-order valence-corrected chi connectivity index (χ0v) is 16.0. The summed E-state index contributed by atoms with van der Waals surface area (Å²) in [4.78, 5) is 32.6. The van der Waals surface area contributed by atoms with E-state index in [1.807, 2.05) is 19.1 Å². The van der Waals surface area contributed by atoms with Crippen molar-refractivity contribution < 1.29 is 19.1 Å². The summed E-state index contributed by atoms with van der Waals surface area (Å²) >= 11 is 0. The Morgan fingerprint density at radius 1 is 0.893 bits per heavy atom. The molecule has 1 aliphatic rings. The molecule has 0 radical (unpaired) electrons. The molecule has 0 saturated carbocycles. The third-order valence-electron chi connectivity index (χ3n) is 4.56. The zero-order valence-electron chi connectivity index (χ0n) is 16.0. The van der Waals surface area contributed by atoms with E-state index in [1.165, 1.54) is 0 Å². The number of carbonyl (C=O) groups excluding carboxylic acids is 2. The molecule has 0 atom stereocenters. The Morgan fingerprint density at radius 3 is 2.18 bits per heavy atom. The summed E-state index contributed by atoms with van der Waals surface area (Å²) in [6.07, 6.45) is 3.96. The molecule has 2 aromatic rings. The summed E-state index contributed by atoms with van der Waals surface area (Å²) in [6.45, 7) is 4.77. The molecule has 0 spiro atoms. The van der Waals surface area contributed by atoms with Crippen molar-refractivity contribution in [2.45, 2.75) is 13.3 Å². The van der Waals surface area contributed by atoms with E-state index in [9.17, 15) is 9.59 Å². The molecular formula is C21H25N3O4. The summed E-state index contributed by atoms with van der Waals surface area (Å²) in [5, 5.41) is 0. The van der Waals surface area contributed by atoms with Gasteiger partial charge in [-0.05, 0) is 49.7 Å². The van der Waals surface area contributed by atoms with Gasteiger partial charge in [0, 0.05) is 44.1 Å². The third kappa shape index (κ3) is 5.22. The van der Waals surface area contributed by atoms with Crippen LogP contribution in [0, 0.1) is 0 Å². The third-order valence-corrected chi connectivity index (χ3v) is 4.56. The number of nitrogens with zero attached hydrogens (tertiary/aromatic N) is 3. The Balaban J connectivity index is 1.49. The standard InChI is InChI=1S/C21H25N3O4/c1-2-27-18-4-6-19(7-5-18)28-16-20(25)23-12-3-13-24(15-14-23)21(26)17-8-10-22-11-9-17/h4-11H,2-3,12-16H2,1H3. The zero-order chi connectivity index (χ0) is 19.8. The molecule has 2 heterocycles. The van der Waals surface area contributed by atoms with E-state index in [1.54, 1.807) is 46.5 Å². The van der Waals surface area contributed by atoms with Gasteiger partial charge < -0.3 is 19.3 Å². The Morgan fingerprint density at radius 2 is 1.50 bits per heavy atom. The summed E-state index contributed by atoms with van der Waals surface area (Å²) in [6, 6.07) is 10.6. The molecule has 1 aromatic carbocycles. The largest absolute Gasteiger partial charge is 0.494 e. The number of pyridine rings is 1. The second kappa shape index (κ2) is 9.73. The lowest BCUT2D eigenvalue weighted by Gasteiger charge is -2.22. The highest BCUT2D eigenvalue weighted by atomic mass is 16.5. The number of hydrogen-bond donors (Lipinski definition) is 0. The molecule has 28 heavy (non-hydrogen) atoms. The topological polar surface area (TPSA) is 72.0 Å². The van der Waals surface area contributed by atoms with Gasteiger partial charge in [0.25, 0.3) is 11.8 Å². The molecule has 7 heteroatoms. The van der Waals surface area contributed by atoms with Gasteiger partial charge in [0.2, 0.25) is 0 Å². The molecule has 1 aromatic heterocycles. The molecule has 1 aliphatic heterocycles. The molecule has 0 aliphatic carbocycles. The predicted octanol–water partition coefficient (Wildman–Crippen LogP) is 2.23. The fraction of sp³-hybridized carbons (Fsp3) is 0.381. The van der Waals surface area contributed by atoms with Crippen LogP contribution in [0.25, 0.3) is 0 Å². The average molecular weight is 383 g/mol. The lowest BCUT2D eigenvalue weighted by Crippen LogP contribution is -2.39. The van der Waals surface area contributed by atoms with Gasteiger partial charge in [0.05, 0.1) is 6.61 Å². The van der Waals surface area contributed by atoms with E-state index in [4.69, 9.17) is 9.47 Å². The van der Waals surface area contributed by atoms with E-state index in [2.05, 4.69) is 4.98 Å². The van der Waals surface area contributed by atoms with Gasteiger partial charge in [-0.2, -0.15) is 0 Å². The molecule has 7 nitrogen and oxygen atoms in total. The van der Waals surface area contributed by atoms with Crippen LogP contribution in [-0.2, 0) is 4.79 Å². The van der Waals surface area contributed by atoms with Crippen molar-refractivity contribution in [3.63, 3.8) is 0 Å². The number of benzene rings is 1. The van der Waals surface area contributed by atoms with Crippen LogP contribution in [0.2, 0.25) is 0 Å². The first-order valence-corrected chi connectivity index (χ1v) is 9.50. The fourth-order valence-corrected chi connectivity index (χ4v) is 3.08. The normalized spacial score (nSPS) is 14.3. The van der Waals surface area contributed by atoms with Gasteiger partial charge in [0.1, 0.15) is 11.5 Å². The number of amides is 2. The molecule has 0 bridgehead atoms. The summed E-state index contributed by atoms with van der Waals surface area (Å²) in [5.74, 6) is 1.29. The van der Waals surface area contributed by atoms with E-state index >= 15 is 0 Å². The maximum Gasteiger partial charge on any atom is 0.260 e. The van der Waals surface area contributed by atoms with Crippen LogP contribution in [0.15, 0.2) is 48.8 Å². The first-order chi connectivity index (χ1) is 13.7. The van der Waals surface area contributed by atoms with E-state index < -0.39 is 0 Å². The van der Waals surface area contributed by atoms with Crippen LogP contribution in [0.4, 0.5) is 0 Å². The minimum absolute atomic E-state index is 0.0215. The maximum atomic E-state index is 12.6. The first kappa shape index (κ1) is 19.7. The van der Waals surface area contributed by atoms with Crippen molar-refractivity contribution >= 4 is 11.8 Å². The predicted molar refractivity (Wildman–Crippen MR) is 104 cm³/mol. The van der Waals surface area contributed by atoms with Crippen molar-refractivity contribution in [2.75, 3.05) is 39.4 Å². The Kier molecular flexibility index (Phi) is 6.84. The van der Waals surface area contributed by atoms with E-state index in [0.29, 0.717) is 44.1 Å². The quantitative estimate of drug-likeness (QED) is 0.765. The highest BCUT2D eigenvalue weighted by Gasteiger charge is 2.23. The molecule has 1 fully saturated rings. The summed E-state index contributed by atoms with van der Waals surface area (Å²) in [5.41, 5.74) is 0.619. The van der Waals surface area contributed by atoms with Crippen molar-refractivity contribution in [1.29, 1.82) is 0 Å². The van der Waals surface area contributed by atoms with Crippen molar-refractivity contribution in [1.82, 2.24) is 14.8 Å². The van der Waals surface area contributed by atoms with Crippen LogP contribution < -0.4 is 9.47 Å². The molecule has 3 rings (SSSR count). The molecular weight excluding hydrogens is 358 g/mol. The summed E-state index contributed by atoms with van der Waals surface area (Å²) in [7, 11) is 0. The van der Waals surface area contributed by atoms with Crippen LogP contribution in [-0.4, -0.2) is 66.0 Å². The smallest absolute Gasteiger partial charge is 0.260 e. The molecule has 0 unspecified atom stereocenters. The van der Waals surface area contributed by atoms with Crippen LogP contribution in [0.1, 0.15) is 23.7 Å². The Hall–Kier alpha value is -3.09. The number of ether oxygens (including phenoxy) is 2.